The molecule has 3 rings (SSSR count). The number of aliphatic hydroxyl groups is 1. The number of carbonyl (C=O) groups excluding carboxylic acids is 3. The van der Waals surface area contributed by atoms with Crippen LogP contribution in [-0.4, -0.2) is 57.3 Å². The molecule has 2 aromatic carbocycles. The first-order valence-corrected chi connectivity index (χ1v) is 12.1. The number of aliphatic hydroxyl groups excluding tert-OH is 1. The largest absolute Gasteiger partial charge is 0.508 e. The van der Waals surface area contributed by atoms with Gasteiger partial charge in [0.05, 0.1) is 6.61 Å². The van der Waals surface area contributed by atoms with Crippen LogP contribution in [0.5, 0.6) is 5.75 Å². The highest BCUT2D eigenvalue weighted by molar-refractivity contribution is 5.92. The van der Waals surface area contributed by atoms with E-state index in [4.69, 9.17) is 4.74 Å². The molecule has 2 aromatic rings. The minimum absolute atomic E-state index is 0.0417. The second-order valence-corrected chi connectivity index (χ2v) is 9.91. The molecule has 0 saturated heterocycles. The molecule has 9 nitrogen and oxygen atoms in total. The lowest BCUT2D eigenvalue weighted by molar-refractivity contribution is -0.148. The molecular weight excluding hydrogens is 462 g/mol. The second kappa shape index (κ2) is 11.9. The number of benzene rings is 2. The maximum absolute atomic E-state index is 13.7. The molecule has 4 N–H and O–H groups in total. The van der Waals surface area contributed by atoms with Gasteiger partial charge >= 0.3 is 6.09 Å². The van der Waals surface area contributed by atoms with Crippen molar-refractivity contribution in [2.45, 2.75) is 70.3 Å². The first-order chi connectivity index (χ1) is 17.1. The van der Waals surface area contributed by atoms with Crippen LogP contribution in [0.4, 0.5) is 4.79 Å². The third kappa shape index (κ3) is 7.21. The maximum Gasteiger partial charge on any atom is 0.408 e. The third-order valence-electron chi connectivity index (χ3n) is 5.92. The fourth-order valence-electron chi connectivity index (χ4n) is 4.01. The van der Waals surface area contributed by atoms with Crippen LogP contribution in [0, 0.1) is 0 Å². The molecule has 36 heavy (non-hydrogen) atoms. The van der Waals surface area contributed by atoms with E-state index in [0.717, 1.165) is 12.0 Å². The number of hydrogen-bond acceptors (Lipinski definition) is 6. The Morgan fingerprint density at radius 2 is 1.78 bits per heavy atom. The number of phenolic OH excluding ortho intramolecular Hbond substituents is 1. The Kier molecular flexibility index (Phi) is 8.93. The van der Waals surface area contributed by atoms with Crippen molar-refractivity contribution in [2.24, 2.45) is 0 Å². The number of alkyl carbamates (subject to hydrolysis) is 1. The SMILES string of the molecule is CC(C)(C)OC(=O)NC(CO)C(=O)N(C1CCC1)C(C(=O)NCc1ccccc1)c1cccc(O)c1. The molecule has 0 aromatic heterocycles. The van der Waals surface area contributed by atoms with E-state index in [1.54, 1.807) is 32.9 Å². The van der Waals surface area contributed by atoms with Crippen LogP contribution in [-0.2, 0) is 20.9 Å². The molecular formula is C27H35N3O6. The highest BCUT2D eigenvalue weighted by Crippen LogP contribution is 2.34. The van der Waals surface area contributed by atoms with Crippen LogP contribution in [0.3, 0.4) is 0 Å². The number of carbonyl (C=O) groups is 3. The first-order valence-electron chi connectivity index (χ1n) is 12.1. The van der Waals surface area contributed by atoms with Crippen molar-refractivity contribution < 1.29 is 29.3 Å². The van der Waals surface area contributed by atoms with Gasteiger partial charge < -0.3 is 30.5 Å². The van der Waals surface area contributed by atoms with Gasteiger partial charge in [-0.05, 0) is 63.3 Å². The number of phenols is 1. The molecule has 9 heteroatoms. The zero-order chi connectivity index (χ0) is 26.3. The number of nitrogens with zero attached hydrogens (tertiary/aromatic N) is 1. The lowest BCUT2D eigenvalue weighted by Gasteiger charge is -2.43. The van der Waals surface area contributed by atoms with Crippen LogP contribution < -0.4 is 10.6 Å². The highest BCUT2D eigenvalue weighted by atomic mass is 16.6. The zero-order valence-corrected chi connectivity index (χ0v) is 20.9. The van der Waals surface area contributed by atoms with Crippen molar-refractivity contribution in [3.63, 3.8) is 0 Å². The minimum atomic E-state index is -1.30. The Bertz CT molecular complexity index is 1050. The van der Waals surface area contributed by atoms with Gasteiger partial charge in [0.25, 0.3) is 0 Å². The summed E-state index contributed by atoms with van der Waals surface area (Å²) in [5, 5.41) is 25.4. The van der Waals surface area contributed by atoms with Crippen molar-refractivity contribution in [2.75, 3.05) is 6.61 Å². The molecule has 1 aliphatic carbocycles. The Morgan fingerprint density at radius 1 is 1.08 bits per heavy atom. The summed E-state index contributed by atoms with van der Waals surface area (Å²) < 4.78 is 5.25. The van der Waals surface area contributed by atoms with Gasteiger partial charge in [-0.1, -0.05) is 42.5 Å². The fourth-order valence-corrected chi connectivity index (χ4v) is 4.01. The lowest BCUT2D eigenvalue weighted by atomic mass is 9.88. The van der Waals surface area contributed by atoms with Crippen LogP contribution in [0.15, 0.2) is 54.6 Å². The van der Waals surface area contributed by atoms with Crippen molar-refractivity contribution >= 4 is 17.9 Å². The van der Waals surface area contributed by atoms with Gasteiger partial charge in [0.1, 0.15) is 23.4 Å². The molecule has 3 amide bonds. The normalized spacial score (nSPS) is 15.2. The van der Waals surface area contributed by atoms with E-state index in [9.17, 15) is 24.6 Å². The van der Waals surface area contributed by atoms with Gasteiger partial charge in [0.2, 0.25) is 11.8 Å². The van der Waals surface area contributed by atoms with E-state index in [1.807, 2.05) is 30.3 Å². The van der Waals surface area contributed by atoms with E-state index >= 15 is 0 Å². The van der Waals surface area contributed by atoms with Gasteiger partial charge in [0, 0.05) is 12.6 Å². The van der Waals surface area contributed by atoms with Crippen molar-refractivity contribution in [1.82, 2.24) is 15.5 Å². The van der Waals surface area contributed by atoms with Gasteiger partial charge in [-0.25, -0.2) is 4.79 Å². The summed E-state index contributed by atoms with van der Waals surface area (Å²) in [5.41, 5.74) is 0.527. The average molecular weight is 498 g/mol. The van der Waals surface area contributed by atoms with Crippen molar-refractivity contribution in [3.8, 4) is 5.75 Å². The summed E-state index contributed by atoms with van der Waals surface area (Å²) in [5.74, 6) is -1.07. The fraction of sp³-hybridized carbons (Fsp3) is 0.444. The summed E-state index contributed by atoms with van der Waals surface area (Å²) in [6.45, 7) is 4.66. The van der Waals surface area contributed by atoms with Crippen LogP contribution in [0.2, 0.25) is 0 Å². The number of ether oxygens (including phenoxy) is 1. The average Bonchev–Trinajstić information content (AvgIpc) is 2.79. The summed E-state index contributed by atoms with van der Waals surface area (Å²) in [4.78, 5) is 41.1. The number of aromatic hydroxyl groups is 1. The summed E-state index contributed by atoms with van der Waals surface area (Å²) in [7, 11) is 0. The van der Waals surface area contributed by atoms with Gasteiger partial charge in [-0.3, -0.25) is 9.59 Å². The molecule has 0 spiro atoms. The molecule has 1 saturated carbocycles. The number of rotatable bonds is 9. The Hall–Kier alpha value is -3.59. The molecule has 0 heterocycles. The molecule has 2 atom stereocenters. The molecule has 0 aliphatic heterocycles. The maximum atomic E-state index is 13.7. The van der Waals surface area contributed by atoms with Crippen molar-refractivity contribution in [3.05, 3.63) is 65.7 Å². The summed E-state index contributed by atoms with van der Waals surface area (Å²) in [6.07, 6.45) is 1.40. The quantitative estimate of drug-likeness (QED) is 0.422. The molecule has 0 bridgehead atoms. The molecule has 0 radical (unpaired) electrons. The molecule has 1 aliphatic rings. The number of amides is 3. The Labute approximate surface area is 211 Å². The molecule has 2 unspecified atom stereocenters. The van der Waals surface area contributed by atoms with Crippen molar-refractivity contribution in [1.29, 1.82) is 0 Å². The van der Waals surface area contributed by atoms with Gasteiger partial charge in [-0.2, -0.15) is 0 Å². The summed E-state index contributed by atoms with van der Waals surface area (Å²) >= 11 is 0. The third-order valence-corrected chi connectivity index (χ3v) is 5.92. The number of nitrogens with one attached hydrogen (secondary N) is 2. The number of hydrogen-bond donors (Lipinski definition) is 4. The van der Waals surface area contributed by atoms with Crippen LogP contribution in [0.25, 0.3) is 0 Å². The van der Waals surface area contributed by atoms with Crippen LogP contribution in [0.1, 0.15) is 57.2 Å². The van der Waals surface area contributed by atoms with E-state index < -0.39 is 42.2 Å². The molecule has 194 valence electrons. The minimum Gasteiger partial charge on any atom is -0.508 e. The van der Waals surface area contributed by atoms with E-state index in [1.165, 1.54) is 17.0 Å². The molecule has 1 fully saturated rings. The highest BCUT2D eigenvalue weighted by Gasteiger charge is 2.42. The Morgan fingerprint density at radius 3 is 2.33 bits per heavy atom. The van der Waals surface area contributed by atoms with E-state index in [2.05, 4.69) is 10.6 Å². The predicted molar refractivity (Wildman–Crippen MR) is 134 cm³/mol. The predicted octanol–water partition coefficient (Wildman–Crippen LogP) is 3.02. The monoisotopic (exact) mass is 497 g/mol. The van der Waals surface area contributed by atoms with Gasteiger partial charge in [-0.15, -0.1) is 0 Å². The van der Waals surface area contributed by atoms with Crippen LogP contribution >= 0.6 is 0 Å². The van der Waals surface area contributed by atoms with E-state index in [-0.39, 0.29) is 18.3 Å². The standard InChI is InChI=1S/C27H35N3O6/c1-27(2,3)36-26(35)29-22(17-31)25(34)30(20-12-8-13-20)23(19-11-7-14-21(32)15-19)24(33)28-16-18-9-5-4-6-10-18/h4-7,9-11,14-15,20,22-23,31-32H,8,12-13,16-17H2,1-3H3,(H,28,33)(H,29,35). The van der Waals surface area contributed by atoms with E-state index in [0.29, 0.717) is 18.4 Å². The smallest absolute Gasteiger partial charge is 0.408 e. The van der Waals surface area contributed by atoms with Gasteiger partial charge in [0.15, 0.2) is 0 Å². The lowest BCUT2D eigenvalue weighted by Crippen LogP contribution is -2.58. The topological polar surface area (TPSA) is 128 Å². The second-order valence-electron chi connectivity index (χ2n) is 9.91. The Balaban J connectivity index is 1.91. The first kappa shape index (κ1) is 27.0. The zero-order valence-electron chi connectivity index (χ0n) is 20.9. The summed E-state index contributed by atoms with van der Waals surface area (Å²) in [6, 6.07) is 12.9.